The van der Waals surface area contributed by atoms with Crippen LogP contribution in [0, 0.1) is 0 Å². The molecular formula is C22H34N6O4. The Morgan fingerprint density at radius 3 is 2.66 bits per heavy atom. The van der Waals surface area contributed by atoms with Crippen LogP contribution in [0.25, 0.3) is 0 Å². The van der Waals surface area contributed by atoms with E-state index in [0.717, 1.165) is 45.3 Å². The molecule has 0 bridgehead atoms. The Labute approximate surface area is 188 Å². The third-order valence-electron chi connectivity index (χ3n) is 6.89. The highest BCUT2D eigenvalue weighted by Crippen LogP contribution is 2.29. The number of nitrogens with one attached hydrogen (secondary N) is 2. The number of hydrogen-bond acceptors (Lipinski definition) is 6. The molecule has 0 aromatic carbocycles. The van der Waals surface area contributed by atoms with Gasteiger partial charge in [0.15, 0.2) is 5.69 Å². The fourth-order valence-corrected chi connectivity index (χ4v) is 5.00. The standard InChI is InChI=1S/C22H34N6O4/c1-3-28-20(30)18-17(19(29)23-8-9-26-10-12-32-13-11-26)24-15-27(18)14-22(28,2)21(31)25-16-6-4-5-7-16/h15-16H,3-14H2,1-2H3,(H,23,29)(H,25,31). The average Bonchev–Trinajstić information content (AvgIpc) is 3.44. The fraction of sp³-hybridized carbons (Fsp3) is 0.727. The van der Waals surface area contributed by atoms with Crippen LogP contribution in [0.2, 0.25) is 0 Å². The largest absolute Gasteiger partial charge is 0.379 e. The van der Waals surface area contributed by atoms with Crippen LogP contribution in [0.3, 0.4) is 0 Å². The van der Waals surface area contributed by atoms with Gasteiger partial charge in [0.05, 0.1) is 26.1 Å². The minimum Gasteiger partial charge on any atom is -0.379 e. The summed E-state index contributed by atoms with van der Waals surface area (Å²) in [5.41, 5.74) is -0.651. The molecule has 32 heavy (non-hydrogen) atoms. The van der Waals surface area contributed by atoms with Crippen LogP contribution in [0.5, 0.6) is 0 Å². The summed E-state index contributed by atoms with van der Waals surface area (Å²) in [6, 6.07) is 0.171. The number of aromatic nitrogens is 2. The number of rotatable bonds is 7. The van der Waals surface area contributed by atoms with Gasteiger partial charge in [-0.15, -0.1) is 0 Å². The third kappa shape index (κ3) is 4.38. The van der Waals surface area contributed by atoms with Crippen molar-refractivity contribution < 1.29 is 19.1 Å². The number of hydrogen-bond donors (Lipinski definition) is 2. The van der Waals surface area contributed by atoms with E-state index in [0.29, 0.717) is 26.3 Å². The molecule has 2 aliphatic heterocycles. The smallest absolute Gasteiger partial charge is 0.273 e. The molecule has 1 unspecified atom stereocenters. The lowest BCUT2D eigenvalue weighted by molar-refractivity contribution is -0.133. The highest BCUT2D eigenvalue weighted by Gasteiger charge is 2.48. The SMILES string of the molecule is CCN1C(=O)c2c(C(=O)NCCN3CCOCC3)ncn2CC1(C)C(=O)NC1CCCC1. The van der Waals surface area contributed by atoms with Crippen molar-refractivity contribution in [2.45, 2.75) is 57.7 Å². The topological polar surface area (TPSA) is 109 Å². The lowest BCUT2D eigenvalue weighted by atomic mass is 9.94. The molecular weight excluding hydrogens is 412 g/mol. The molecule has 3 aliphatic rings. The predicted molar refractivity (Wildman–Crippen MR) is 117 cm³/mol. The maximum Gasteiger partial charge on any atom is 0.273 e. The predicted octanol–water partition coefficient (Wildman–Crippen LogP) is 0.238. The number of nitrogens with zero attached hydrogens (tertiary/aromatic N) is 4. The maximum absolute atomic E-state index is 13.4. The quantitative estimate of drug-likeness (QED) is 0.621. The van der Waals surface area contributed by atoms with Crippen LogP contribution in [-0.2, 0) is 16.1 Å². The van der Waals surface area contributed by atoms with Crippen molar-refractivity contribution in [1.82, 2.24) is 30.0 Å². The van der Waals surface area contributed by atoms with Gasteiger partial charge in [0, 0.05) is 38.8 Å². The van der Waals surface area contributed by atoms with Crippen molar-refractivity contribution in [3.8, 4) is 0 Å². The van der Waals surface area contributed by atoms with Gasteiger partial charge in [-0.1, -0.05) is 12.8 Å². The summed E-state index contributed by atoms with van der Waals surface area (Å²) in [6.45, 7) is 8.59. The number of fused-ring (bicyclic) bond motifs is 1. The van der Waals surface area contributed by atoms with Crippen molar-refractivity contribution in [2.75, 3.05) is 45.9 Å². The summed E-state index contributed by atoms with van der Waals surface area (Å²) in [6.07, 6.45) is 5.69. The molecule has 1 aromatic rings. The Kier molecular flexibility index (Phi) is 6.80. The summed E-state index contributed by atoms with van der Waals surface area (Å²) >= 11 is 0. The van der Waals surface area contributed by atoms with Gasteiger partial charge in [-0.2, -0.15) is 0 Å². The Morgan fingerprint density at radius 2 is 1.97 bits per heavy atom. The van der Waals surface area contributed by atoms with E-state index in [2.05, 4.69) is 20.5 Å². The van der Waals surface area contributed by atoms with E-state index in [1.165, 1.54) is 6.33 Å². The molecule has 10 heteroatoms. The molecule has 1 aliphatic carbocycles. The van der Waals surface area contributed by atoms with E-state index >= 15 is 0 Å². The number of carbonyl (C=O) groups excluding carboxylic acids is 3. The number of likely N-dealkylation sites (N-methyl/N-ethyl adjacent to an activating group) is 1. The minimum atomic E-state index is -1.02. The zero-order chi connectivity index (χ0) is 22.7. The van der Waals surface area contributed by atoms with E-state index in [9.17, 15) is 14.4 Å². The van der Waals surface area contributed by atoms with Crippen LogP contribution >= 0.6 is 0 Å². The van der Waals surface area contributed by atoms with Crippen LogP contribution in [-0.4, -0.2) is 94.6 Å². The second-order valence-electron chi connectivity index (χ2n) is 9.06. The number of carbonyl (C=O) groups is 3. The van der Waals surface area contributed by atoms with Gasteiger partial charge in [0.25, 0.3) is 11.8 Å². The summed E-state index contributed by atoms with van der Waals surface area (Å²) in [4.78, 5) is 47.4. The summed E-state index contributed by atoms with van der Waals surface area (Å²) in [7, 11) is 0. The van der Waals surface area contributed by atoms with Gasteiger partial charge >= 0.3 is 0 Å². The zero-order valence-electron chi connectivity index (χ0n) is 19.1. The van der Waals surface area contributed by atoms with Crippen molar-refractivity contribution in [3.05, 3.63) is 17.7 Å². The van der Waals surface area contributed by atoms with Crippen molar-refractivity contribution in [3.63, 3.8) is 0 Å². The molecule has 0 radical (unpaired) electrons. The van der Waals surface area contributed by atoms with Gasteiger partial charge in [-0.25, -0.2) is 4.98 Å². The highest BCUT2D eigenvalue weighted by molar-refractivity contribution is 6.07. The fourth-order valence-electron chi connectivity index (χ4n) is 5.00. The molecule has 3 amide bonds. The summed E-state index contributed by atoms with van der Waals surface area (Å²) < 4.78 is 6.99. The van der Waals surface area contributed by atoms with Crippen molar-refractivity contribution in [1.29, 1.82) is 0 Å². The lowest BCUT2D eigenvalue weighted by Gasteiger charge is -2.43. The Bertz CT molecular complexity index is 859. The van der Waals surface area contributed by atoms with Gasteiger partial charge in [-0.05, 0) is 26.7 Å². The molecule has 0 spiro atoms. The highest BCUT2D eigenvalue weighted by atomic mass is 16.5. The zero-order valence-corrected chi connectivity index (χ0v) is 19.1. The van der Waals surface area contributed by atoms with E-state index in [1.807, 2.05) is 6.92 Å². The number of ether oxygens (including phenoxy) is 1. The van der Waals surface area contributed by atoms with Gasteiger partial charge in [-0.3, -0.25) is 19.3 Å². The second-order valence-corrected chi connectivity index (χ2v) is 9.06. The van der Waals surface area contributed by atoms with Crippen molar-refractivity contribution in [2.24, 2.45) is 0 Å². The Balaban J connectivity index is 1.46. The molecule has 3 heterocycles. The molecule has 1 saturated heterocycles. The molecule has 10 nitrogen and oxygen atoms in total. The molecule has 1 atom stereocenters. The molecule has 2 N–H and O–H groups in total. The van der Waals surface area contributed by atoms with Gasteiger partial charge in [0.2, 0.25) is 5.91 Å². The first-order valence-electron chi connectivity index (χ1n) is 11.7. The molecule has 1 aromatic heterocycles. The Morgan fingerprint density at radius 1 is 1.25 bits per heavy atom. The Hall–Kier alpha value is -2.46. The minimum absolute atomic E-state index is 0.119. The first kappa shape index (κ1) is 22.7. The normalized spacial score (nSPS) is 24.4. The second kappa shape index (κ2) is 9.58. The third-order valence-corrected chi connectivity index (χ3v) is 6.89. The van der Waals surface area contributed by atoms with E-state index in [4.69, 9.17) is 4.74 Å². The number of imidazole rings is 1. The van der Waals surface area contributed by atoms with Crippen LogP contribution in [0.1, 0.15) is 60.5 Å². The summed E-state index contributed by atoms with van der Waals surface area (Å²) in [5.74, 6) is -0.843. The van der Waals surface area contributed by atoms with Crippen molar-refractivity contribution >= 4 is 17.7 Å². The van der Waals surface area contributed by atoms with E-state index in [1.54, 1.807) is 16.4 Å². The first-order valence-corrected chi connectivity index (χ1v) is 11.7. The number of amides is 3. The average molecular weight is 447 g/mol. The maximum atomic E-state index is 13.4. The molecule has 2 fully saturated rings. The van der Waals surface area contributed by atoms with Crippen LogP contribution < -0.4 is 10.6 Å². The first-order chi connectivity index (χ1) is 15.4. The monoisotopic (exact) mass is 446 g/mol. The lowest BCUT2D eigenvalue weighted by Crippen LogP contribution is -2.64. The van der Waals surface area contributed by atoms with Crippen LogP contribution in [0.15, 0.2) is 6.33 Å². The molecule has 4 rings (SSSR count). The van der Waals surface area contributed by atoms with Gasteiger partial charge < -0.3 is 24.8 Å². The summed E-state index contributed by atoms with van der Waals surface area (Å²) in [5, 5.41) is 6.01. The van der Waals surface area contributed by atoms with Gasteiger partial charge in [0.1, 0.15) is 11.2 Å². The molecule has 176 valence electrons. The molecule has 1 saturated carbocycles. The van der Waals surface area contributed by atoms with E-state index in [-0.39, 0.29) is 41.7 Å². The van der Waals surface area contributed by atoms with E-state index < -0.39 is 5.54 Å². The number of morpholine rings is 1. The van der Waals surface area contributed by atoms with Crippen LogP contribution in [0.4, 0.5) is 0 Å².